The largest absolute Gasteiger partial charge is 0.342 e. The highest BCUT2D eigenvalue weighted by Crippen LogP contribution is 2.15. The van der Waals surface area contributed by atoms with Crippen molar-refractivity contribution in [2.45, 2.75) is 31.1 Å². The van der Waals surface area contributed by atoms with Crippen LogP contribution in [0.25, 0.3) is 0 Å². The Morgan fingerprint density at radius 1 is 1.73 bits per heavy atom. The lowest BCUT2D eigenvalue weighted by Crippen LogP contribution is -2.41. The molecule has 0 bridgehead atoms. The van der Waals surface area contributed by atoms with Gasteiger partial charge in [-0.3, -0.25) is 4.79 Å². The molecule has 1 N–H and O–H groups in total. The highest BCUT2D eigenvalue weighted by atomic mass is 79.9. The molecule has 0 saturated heterocycles. The van der Waals surface area contributed by atoms with Gasteiger partial charge in [-0.05, 0) is 20.8 Å². The van der Waals surface area contributed by atoms with Crippen molar-refractivity contribution in [1.29, 1.82) is 0 Å². The van der Waals surface area contributed by atoms with E-state index in [1.54, 1.807) is 20.8 Å². The maximum Gasteiger partial charge on any atom is 0.237 e. The van der Waals surface area contributed by atoms with Crippen molar-refractivity contribution >= 4 is 21.8 Å². The number of nitrogens with one attached hydrogen (secondary N) is 1. The zero-order chi connectivity index (χ0) is 9.07. The molecule has 1 atom stereocenters. The average molecular weight is 218 g/mol. The van der Waals surface area contributed by atoms with Crippen LogP contribution >= 0.6 is 15.9 Å². The van der Waals surface area contributed by atoms with Gasteiger partial charge in [0.2, 0.25) is 5.91 Å². The summed E-state index contributed by atoms with van der Waals surface area (Å²) in [6.07, 6.45) is 5.08. The number of terminal acetylenes is 1. The number of hydrogen-bond donors (Lipinski definition) is 1. The molecule has 0 heterocycles. The first kappa shape index (κ1) is 10.5. The number of halogens is 1. The average Bonchev–Trinajstić information content (AvgIpc) is 1.85. The van der Waals surface area contributed by atoms with Crippen LogP contribution in [0.3, 0.4) is 0 Å². The predicted octanol–water partition coefficient (Wildman–Crippen LogP) is 1.30. The van der Waals surface area contributed by atoms with Crippen LogP contribution in [-0.2, 0) is 4.79 Å². The summed E-state index contributed by atoms with van der Waals surface area (Å²) < 4.78 is -0.544. The van der Waals surface area contributed by atoms with E-state index in [-0.39, 0.29) is 11.9 Å². The maximum atomic E-state index is 11.2. The van der Waals surface area contributed by atoms with Crippen LogP contribution in [0.15, 0.2) is 0 Å². The fraction of sp³-hybridized carbons (Fsp3) is 0.625. The van der Waals surface area contributed by atoms with E-state index in [0.29, 0.717) is 0 Å². The summed E-state index contributed by atoms with van der Waals surface area (Å²) in [7, 11) is 0. The van der Waals surface area contributed by atoms with Gasteiger partial charge in [-0.25, -0.2) is 0 Å². The third kappa shape index (κ3) is 4.05. The topological polar surface area (TPSA) is 29.1 Å². The van der Waals surface area contributed by atoms with Crippen molar-refractivity contribution in [2.24, 2.45) is 0 Å². The monoisotopic (exact) mass is 217 g/mol. The highest BCUT2D eigenvalue weighted by molar-refractivity contribution is 9.10. The Labute approximate surface area is 75.9 Å². The van der Waals surface area contributed by atoms with Crippen LogP contribution in [-0.4, -0.2) is 16.3 Å². The number of alkyl halides is 1. The number of carbonyl (C=O) groups excluding carboxylic acids is 1. The van der Waals surface area contributed by atoms with Gasteiger partial charge in [-0.15, -0.1) is 6.42 Å². The van der Waals surface area contributed by atoms with E-state index in [9.17, 15) is 4.79 Å². The lowest BCUT2D eigenvalue weighted by atomic mass is 10.2. The van der Waals surface area contributed by atoms with Crippen molar-refractivity contribution in [3.8, 4) is 12.3 Å². The lowest BCUT2D eigenvalue weighted by Gasteiger charge is -2.17. The van der Waals surface area contributed by atoms with Gasteiger partial charge in [-0.1, -0.05) is 21.9 Å². The van der Waals surface area contributed by atoms with Crippen LogP contribution in [0.1, 0.15) is 20.8 Å². The summed E-state index contributed by atoms with van der Waals surface area (Å²) in [6.45, 7) is 5.30. The Morgan fingerprint density at radius 3 is 2.45 bits per heavy atom. The molecule has 1 unspecified atom stereocenters. The van der Waals surface area contributed by atoms with Gasteiger partial charge in [0.1, 0.15) is 0 Å². The molecule has 0 aromatic carbocycles. The van der Waals surface area contributed by atoms with Crippen LogP contribution in [0.5, 0.6) is 0 Å². The van der Waals surface area contributed by atoms with E-state index in [1.165, 1.54) is 0 Å². The summed E-state index contributed by atoms with van der Waals surface area (Å²) in [5.41, 5.74) is 0. The maximum absolute atomic E-state index is 11.2. The molecule has 0 aromatic heterocycles. The van der Waals surface area contributed by atoms with E-state index in [1.807, 2.05) is 0 Å². The Balaban J connectivity index is 4.01. The lowest BCUT2D eigenvalue weighted by molar-refractivity contribution is -0.122. The summed E-state index contributed by atoms with van der Waals surface area (Å²) >= 11 is 3.22. The standard InChI is InChI=1S/C8H12BrNO/c1-5-6(2)10-7(11)8(3,4)9/h1,6H,2-4H3,(H,10,11). The summed E-state index contributed by atoms with van der Waals surface area (Å²) in [5.74, 6) is 2.32. The van der Waals surface area contributed by atoms with Crippen LogP contribution in [0, 0.1) is 12.3 Å². The minimum absolute atomic E-state index is 0.0945. The third-order valence-corrected chi connectivity index (χ3v) is 1.50. The molecule has 0 radical (unpaired) electrons. The quantitative estimate of drug-likeness (QED) is 0.549. The van der Waals surface area contributed by atoms with Gasteiger partial charge in [0.15, 0.2) is 0 Å². The summed E-state index contributed by atoms with van der Waals surface area (Å²) in [6, 6.07) is -0.209. The molecule has 0 aromatic rings. The number of carbonyl (C=O) groups is 1. The zero-order valence-electron chi connectivity index (χ0n) is 6.94. The predicted molar refractivity (Wildman–Crippen MR) is 49.4 cm³/mol. The molecular formula is C8H12BrNO. The van der Waals surface area contributed by atoms with Crippen molar-refractivity contribution in [2.75, 3.05) is 0 Å². The Kier molecular flexibility index (Phi) is 3.61. The zero-order valence-corrected chi connectivity index (χ0v) is 8.53. The smallest absolute Gasteiger partial charge is 0.237 e. The summed E-state index contributed by atoms with van der Waals surface area (Å²) in [4.78, 5) is 11.2. The molecule has 11 heavy (non-hydrogen) atoms. The molecular weight excluding hydrogens is 206 g/mol. The first-order chi connectivity index (χ1) is 4.88. The molecule has 2 nitrogen and oxygen atoms in total. The minimum Gasteiger partial charge on any atom is -0.342 e. The molecule has 0 aliphatic rings. The fourth-order valence-electron chi connectivity index (χ4n) is 0.410. The SMILES string of the molecule is C#CC(C)NC(=O)C(C)(C)Br. The Bertz CT molecular complexity index is 187. The second-order valence-electron chi connectivity index (χ2n) is 2.83. The third-order valence-electron chi connectivity index (χ3n) is 1.14. The molecule has 1 amide bonds. The Hall–Kier alpha value is -0.490. The van der Waals surface area contributed by atoms with Crippen LogP contribution in [0.4, 0.5) is 0 Å². The van der Waals surface area contributed by atoms with E-state index in [0.717, 1.165) is 0 Å². The normalized spacial score (nSPS) is 13.4. The Morgan fingerprint density at radius 2 is 2.18 bits per heavy atom. The highest BCUT2D eigenvalue weighted by Gasteiger charge is 2.23. The van der Waals surface area contributed by atoms with Crippen LogP contribution < -0.4 is 5.32 Å². The fourth-order valence-corrected chi connectivity index (χ4v) is 0.524. The van der Waals surface area contributed by atoms with Gasteiger partial charge < -0.3 is 5.32 Å². The van der Waals surface area contributed by atoms with Crippen molar-refractivity contribution in [3.63, 3.8) is 0 Å². The molecule has 62 valence electrons. The number of rotatable bonds is 2. The molecule has 3 heteroatoms. The van der Waals surface area contributed by atoms with E-state index in [4.69, 9.17) is 6.42 Å². The van der Waals surface area contributed by atoms with Crippen molar-refractivity contribution < 1.29 is 4.79 Å². The molecule has 0 aliphatic heterocycles. The first-order valence-corrected chi connectivity index (χ1v) is 4.13. The molecule has 0 rings (SSSR count). The van der Waals surface area contributed by atoms with Gasteiger partial charge in [0.05, 0.1) is 10.4 Å². The van der Waals surface area contributed by atoms with Crippen molar-refractivity contribution in [3.05, 3.63) is 0 Å². The molecule has 0 saturated carbocycles. The van der Waals surface area contributed by atoms with E-state index >= 15 is 0 Å². The van der Waals surface area contributed by atoms with Gasteiger partial charge >= 0.3 is 0 Å². The van der Waals surface area contributed by atoms with Gasteiger partial charge in [0, 0.05) is 0 Å². The summed E-state index contributed by atoms with van der Waals surface area (Å²) in [5, 5.41) is 2.65. The molecule has 0 aliphatic carbocycles. The van der Waals surface area contributed by atoms with Gasteiger partial charge in [-0.2, -0.15) is 0 Å². The minimum atomic E-state index is -0.544. The van der Waals surface area contributed by atoms with Gasteiger partial charge in [0.25, 0.3) is 0 Å². The van der Waals surface area contributed by atoms with E-state index < -0.39 is 4.32 Å². The van der Waals surface area contributed by atoms with Crippen molar-refractivity contribution in [1.82, 2.24) is 5.32 Å². The second-order valence-corrected chi connectivity index (χ2v) is 4.82. The second kappa shape index (κ2) is 3.77. The van der Waals surface area contributed by atoms with E-state index in [2.05, 4.69) is 27.2 Å². The molecule has 0 fully saturated rings. The first-order valence-electron chi connectivity index (χ1n) is 3.34. The number of amides is 1. The van der Waals surface area contributed by atoms with Crippen LogP contribution in [0.2, 0.25) is 0 Å². The molecule has 0 spiro atoms. The number of hydrogen-bond acceptors (Lipinski definition) is 1.